The van der Waals surface area contributed by atoms with Gasteiger partial charge in [-0.1, -0.05) is 6.07 Å². The van der Waals surface area contributed by atoms with Crippen molar-refractivity contribution in [2.45, 2.75) is 11.8 Å². The van der Waals surface area contributed by atoms with Crippen LogP contribution in [-0.2, 0) is 0 Å². The highest BCUT2D eigenvalue weighted by Crippen LogP contribution is 2.18. The van der Waals surface area contributed by atoms with E-state index in [1.807, 2.05) is 25.3 Å². The predicted octanol–water partition coefficient (Wildman–Crippen LogP) is 1.93. The highest BCUT2D eigenvalue weighted by molar-refractivity contribution is 7.98. The van der Waals surface area contributed by atoms with E-state index in [-0.39, 0.29) is 5.91 Å². The fourth-order valence-corrected chi connectivity index (χ4v) is 1.53. The molecule has 0 aliphatic rings. The second kappa shape index (κ2) is 4.68. The van der Waals surface area contributed by atoms with Crippen LogP contribution in [0.3, 0.4) is 0 Å². The second-order valence-corrected chi connectivity index (χ2v) is 3.63. The summed E-state index contributed by atoms with van der Waals surface area (Å²) < 4.78 is 0. The summed E-state index contributed by atoms with van der Waals surface area (Å²) >= 11 is 1.56. The van der Waals surface area contributed by atoms with Gasteiger partial charge < -0.3 is 0 Å². The standard InChI is InChI=1S/C10H10N2OS/c1-7-3-4-8(14-2)5-9(7)10(13)12-6-11/h3-5H,1-2H3,(H,12,13). The molecular weight excluding hydrogens is 196 g/mol. The summed E-state index contributed by atoms with van der Waals surface area (Å²) in [4.78, 5) is 12.4. The number of nitrogens with one attached hydrogen (secondary N) is 1. The minimum atomic E-state index is -0.346. The first kappa shape index (κ1) is 10.6. The summed E-state index contributed by atoms with van der Waals surface area (Å²) in [7, 11) is 0. The van der Waals surface area contributed by atoms with Gasteiger partial charge in [0.05, 0.1) is 0 Å². The molecule has 14 heavy (non-hydrogen) atoms. The third-order valence-electron chi connectivity index (χ3n) is 1.86. The first-order valence-corrected chi connectivity index (χ1v) is 5.25. The number of carbonyl (C=O) groups is 1. The van der Waals surface area contributed by atoms with Crippen molar-refractivity contribution in [3.63, 3.8) is 0 Å². The van der Waals surface area contributed by atoms with Crippen LogP contribution < -0.4 is 5.32 Å². The molecule has 0 aliphatic carbocycles. The Labute approximate surface area is 87.1 Å². The molecule has 0 saturated carbocycles. The van der Waals surface area contributed by atoms with E-state index in [9.17, 15) is 4.79 Å². The van der Waals surface area contributed by atoms with Crippen LogP contribution in [0.15, 0.2) is 23.1 Å². The molecule has 1 N–H and O–H groups in total. The Morgan fingerprint density at radius 3 is 2.86 bits per heavy atom. The highest BCUT2D eigenvalue weighted by Gasteiger charge is 2.08. The van der Waals surface area contributed by atoms with Crippen LogP contribution in [0, 0.1) is 18.4 Å². The van der Waals surface area contributed by atoms with Gasteiger partial charge in [0.25, 0.3) is 5.91 Å². The number of thioether (sulfide) groups is 1. The zero-order chi connectivity index (χ0) is 10.6. The molecule has 0 unspecified atom stereocenters. The lowest BCUT2D eigenvalue weighted by molar-refractivity contribution is 0.0972. The molecule has 0 radical (unpaired) electrons. The molecule has 0 bridgehead atoms. The number of rotatable bonds is 2. The van der Waals surface area contributed by atoms with E-state index in [1.165, 1.54) is 0 Å². The van der Waals surface area contributed by atoms with Gasteiger partial charge in [-0.3, -0.25) is 10.1 Å². The summed E-state index contributed by atoms with van der Waals surface area (Å²) in [6.45, 7) is 1.84. The average molecular weight is 206 g/mol. The maximum atomic E-state index is 11.4. The van der Waals surface area contributed by atoms with Crippen LogP contribution in [0.25, 0.3) is 0 Å². The summed E-state index contributed by atoms with van der Waals surface area (Å²) in [5, 5.41) is 10.4. The summed E-state index contributed by atoms with van der Waals surface area (Å²) in [6.07, 6.45) is 3.57. The number of nitrogens with zero attached hydrogens (tertiary/aromatic N) is 1. The predicted molar refractivity (Wildman–Crippen MR) is 56.0 cm³/mol. The number of aryl methyl sites for hydroxylation is 1. The van der Waals surface area contributed by atoms with Gasteiger partial charge in [-0.25, -0.2) is 0 Å². The second-order valence-electron chi connectivity index (χ2n) is 2.75. The smallest absolute Gasteiger partial charge is 0.264 e. The molecule has 1 aromatic rings. The fourth-order valence-electron chi connectivity index (χ4n) is 1.09. The third-order valence-corrected chi connectivity index (χ3v) is 2.58. The number of carbonyl (C=O) groups excluding carboxylic acids is 1. The van der Waals surface area contributed by atoms with Gasteiger partial charge in [0, 0.05) is 10.5 Å². The Morgan fingerprint density at radius 2 is 2.29 bits per heavy atom. The lowest BCUT2D eigenvalue weighted by Crippen LogP contribution is -2.18. The van der Waals surface area contributed by atoms with E-state index in [0.717, 1.165) is 10.5 Å². The van der Waals surface area contributed by atoms with Crippen molar-refractivity contribution in [2.75, 3.05) is 6.26 Å². The maximum Gasteiger partial charge on any atom is 0.264 e. The van der Waals surface area contributed by atoms with Crippen molar-refractivity contribution in [1.29, 1.82) is 5.26 Å². The van der Waals surface area contributed by atoms with E-state index in [4.69, 9.17) is 5.26 Å². The summed E-state index contributed by atoms with van der Waals surface area (Å²) in [5.41, 5.74) is 1.42. The lowest BCUT2D eigenvalue weighted by atomic mass is 10.1. The Morgan fingerprint density at radius 1 is 1.57 bits per heavy atom. The molecule has 0 aromatic heterocycles. The quantitative estimate of drug-likeness (QED) is 0.457. The average Bonchev–Trinajstić information content (AvgIpc) is 2.19. The maximum absolute atomic E-state index is 11.4. The van der Waals surface area contributed by atoms with Crippen molar-refractivity contribution < 1.29 is 4.79 Å². The molecule has 0 aliphatic heterocycles. The van der Waals surface area contributed by atoms with Crippen molar-refractivity contribution in [1.82, 2.24) is 5.32 Å². The number of amides is 1. The molecule has 72 valence electrons. The molecule has 0 atom stereocenters. The van der Waals surface area contributed by atoms with Crippen molar-refractivity contribution in [2.24, 2.45) is 0 Å². The zero-order valence-electron chi connectivity index (χ0n) is 8.00. The monoisotopic (exact) mass is 206 g/mol. The Balaban J connectivity index is 3.07. The largest absolute Gasteiger partial charge is 0.268 e. The summed E-state index contributed by atoms with van der Waals surface area (Å²) in [5.74, 6) is -0.346. The molecular formula is C10H10N2OS. The molecule has 0 spiro atoms. The van der Waals surface area contributed by atoms with Gasteiger partial charge >= 0.3 is 0 Å². The van der Waals surface area contributed by atoms with Gasteiger partial charge in [-0.2, -0.15) is 5.26 Å². The molecule has 1 aromatic carbocycles. The van der Waals surface area contributed by atoms with Crippen LogP contribution >= 0.6 is 11.8 Å². The number of benzene rings is 1. The van der Waals surface area contributed by atoms with Gasteiger partial charge in [0.1, 0.15) is 0 Å². The summed E-state index contributed by atoms with van der Waals surface area (Å²) in [6, 6.07) is 5.61. The third kappa shape index (κ3) is 2.27. The first-order chi connectivity index (χ1) is 6.69. The molecule has 1 rings (SSSR count). The van der Waals surface area contributed by atoms with E-state index in [0.29, 0.717) is 5.56 Å². The van der Waals surface area contributed by atoms with Crippen LogP contribution in [0.4, 0.5) is 0 Å². The lowest BCUT2D eigenvalue weighted by Gasteiger charge is -2.04. The van der Waals surface area contributed by atoms with Crippen molar-refractivity contribution in [3.8, 4) is 6.19 Å². The van der Waals surface area contributed by atoms with Crippen molar-refractivity contribution in [3.05, 3.63) is 29.3 Å². The highest BCUT2D eigenvalue weighted by atomic mass is 32.2. The number of hydrogen-bond acceptors (Lipinski definition) is 3. The van der Waals surface area contributed by atoms with E-state index < -0.39 is 0 Å². The Bertz CT molecular complexity index is 396. The van der Waals surface area contributed by atoms with E-state index in [2.05, 4.69) is 5.32 Å². The molecule has 0 fully saturated rings. The minimum Gasteiger partial charge on any atom is -0.268 e. The minimum absolute atomic E-state index is 0.346. The van der Waals surface area contributed by atoms with E-state index >= 15 is 0 Å². The van der Waals surface area contributed by atoms with Gasteiger partial charge in [0.2, 0.25) is 0 Å². The Kier molecular flexibility index (Phi) is 3.55. The normalized spacial score (nSPS) is 9.21. The Hall–Kier alpha value is -1.47. The molecule has 3 nitrogen and oxygen atoms in total. The molecule has 0 heterocycles. The van der Waals surface area contributed by atoms with Gasteiger partial charge in [-0.15, -0.1) is 11.8 Å². The number of hydrogen-bond donors (Lipinski definition) is 1. The topological polar surface area (TPSA) is 52.9 Å². The van der Waals surface area contributed by atoms with E-state index in [1.54, 1.807) is 24.0 Å². The first-order valence-electron chi connectivity index (χ1n) is 4.03. The van der Waals surface area contributed by atoms with Gasteiger partial charge in [0.15, 0.2) is 6.19 Å². The van der Waals surface area contributed by atoms with Crippen LogP contribution in [0.1, 0.15) is 15.9 Å². The van der Waals surface area contributed by atoms with Gasteiger partial charge in [-0.05, 0) is 30.9 Å². The fraction of sp³-hybridized carbons (Fsp3) is 0.200. The molecule has 4 heteroatoms. The van der Waals surface area contributed by atoms with Crippen LogP contribution in [0.2, 0.25) is 0 Å². The molecule has 1 amide bonds. The van der Waals surface area contributed by atoms with Crippen LogP contribution in [0.5, 0.6) is 0 Å². The van der Waals surface area contributed by atoms with Crippen LogP contribution in [-0.4, -0.2) is 12.2 Å². The molecule has 0 saturated heterocycles. The zero-order valence-corrected chi connectivity index (χ0v) is 8.81. The number of nitriles is 1. The SMILES string of the molecule is CSc1ccc(C)c(C(=O)NC#N)c1. The van der Waals surface area contributed by atoms with Crippen molar-refractivity contribution >= 4 is 17.7 Å².